The molecule has 2 nitrogen and oxygen atoms in total. The molecule has 3 heteroatoms. The van der Waals surface area contributed by atoms with Crippen LogP contribution in [0.4, 0.5) is 4.39 Å². The van der Waals surface area contributed by atoms with Crippen LogP contribution in [0.5, 0.6) is 0 Å². The van der Waals surface area contributed by atoms with Gasteiger partial charge in [-0.05, 0) is 11.6 Å². The van der Waals surface area contributed by atoms with Gasteiger partial charge in [-0.1, -0.05) is 18.2 Å². The largest absolute Gasteiger partial charge is 0.330 e. The zero-order chi connectivity index (χ0) is 8.97. The van der Waals surface area contributed by atoms with Gasteiger partial charge in [0, 0.05) is 19.0 Å². The van der Waals surface area contributed by atoms with Crippen molar-refractivity contribution in [3.8, 4) is 0 Å². The zero-order valence-corrected chi connectivity index (χ0v) is 6.83. The van der Waals surface area contributed by atoms with E-state index in [2.05, 4.69) is 0 Å². The number of hydrogen-bond donors (Lipinski definition) is 2. The Hall–Kier alpha value is -0.930. The molecular formula is C9H13FN2. The van der Waals surface area contributed by atoms with E-state index in [1.54, 1.807) is 18.2 Å². The predicted octanol–water partition coefficient (Wildman–Crippen LogP) is 0.827. The van der Waals surface area contributed by atoms with E-state index in [0.717, 1.165) is 0 Å². The van der Waals surface area contributed by atoms with Gasteiger partial charge >= 0.3 is 0 Å². The highest BCUT2D eigenvalue weighted by molar-refractivity contribution is 5.22. The number of benzene rings is 1. The highest BCUT2D eigenvalue weighted by atomic mass is 19.1. The smallest absolute Gasteiger partial charge is 0.126 e. The monoisotopic (exact) mass is 168 g/mol. The average Bonchev–Trinajstić information content (AvgIpc) is 2.10. The van der Waals surface area contributed by atoms with Crippen molar-refractivity contribution in [2.24, 2.45) is 11.5 Å². The van der Waals surface area contributed by atoms with Gasteiger partial charge in [-0.2, -0.15) is 0 Å². The van der Waals surface area contributed by atoms with Gasteiger partial charge in [-0.15, -0.1) is 0 Å². The minimum atomic E-state index is -0.224. The molecule has 0 unspecified atom stereocenters. The first kappa shape index (κ1) is 9.16. The molecule has 0 amide bonds. The Morgan fingerprint density at radius 2 is 1.75 bits per heavy atom. The van der Waals surface area contributed by atoms with E-state index in [-0.39, 0.29) is 11.7 Å². The molecule has 66 valence electrons. The van der Waals surface area contributed by atoms with Crippen LogP contribution in [0.15, 0.2) is 24.3 Å². The van der Waals surface area contributed by atoms with Gasteiger partial charge in [0.05, 0.1) is 0 Å². The molecule has 0 bridgehead atoms. The Kier molecular flexibility index (Phi) is 3.19. The second-order valence-electron chi connectivity index (χ2n) is 2.69. The van der Waals surface area contributed by atoms with E-state index in [1.807, 2.05) is 0 Å². The van der Waals surface area contributed by atoms with Crippen LogP contribution in [-0.4, -0.2) is 13.1 Å². The third-order valence-electron chi connectivity index (χ3n) is 1.91. The van der Waals surface area contributed by atoms with Crippen molar-refractivity contribution >= 4 is 0 Å². The molecule has 0 saturated heterocycles. The lowest BCUT2D eigenvalue weighted by Crippen LogP contribution is -2.22. The van der Waals surface area contributed by atoms with Crippen molar-refractivity contribution in [1.29, 1.82) is 0 Å². The lowest BCUT2D eigenvalue weighted by molar-refractivity contribution is 0.580. The van der Waals surface area contributed by atoms with Crippen LogP contribution in [-0.2, 0) is 0 Å². The standard InChI is InChI=1S/C9H13FN2/c10-9-4-2-1-3-8(9)7(5-11)6-12/h1-4,7H,5-6,11-12H2. The molecule has 1 aromatic carbocycles. The van der Waals surface area contributed by atoms with Crippen LogP contribution in [0.2, 0.25) is 0 Å². The number of rotatable bonds is 3. The van der Waals surface area contributed by atoms with E-state index in [0.29, 0.717) is 18.7 Å². The summed E-state index contributed by atoms with van der Waals surface area (Å²) < 4.78 is 13.1. The van der Waals surface area contributed by atoms with Crippen molar-refractivity contribution < 1.29 is 4.39 Å². The van der Waals surface area contributed by atoms with Crippen molar-refractivity contribution in [3.05, 3.63) is 35.6 Å². The molecule has 4 N–H and O–H groups in total. The summed E-state index contributed by atoms with van der Waals surface area (Å²) >= 11 is 0. The summed E-state index contributed by atoms with van der Waals surface area (Å²) in [6.45, 7) is 0.773. The lowest BCUT2D eigenvalue weighted by Gasteiger charge is -2.12. The molecule has 0 aliphatic carbocycles. The molecule has 0 saturated carbocycles. The summed E-state index contributed by atoms with van der Waals surface area (Å²) in [7, 11) is 0. The van der Waals surface area contributed by atoms with E-state index in [4.69, 9.17) is 11.5 Å². The summed E-state index contributed by atoms with van der Waals surface area (Å²) in [4.78, 5) is 0. The van der Waals surface area contributed by atoms with Crippen LogP contribution < -0.4 is 11.5 Å². The first-order valence-corrected chi connectivity index (χ1v) is 3.94. The number of nitrogens with two attached hydrogens (primary N) is 2. The molecule has 0 aliphatic heterocycles. The molecule has 12 heavy (non-hydrogen) atoms. The van der Waals surface area contributed by atoms with Crippen LogP contribution in [0, 0.1) is 5.82 Å². The van der Waals surface area contributed by atoms with Crippen LogP contribution in [0.3, 0.4) is 0 Å². The summed E-state index contributed by atoms with van der Waals surface area (Å²) in [5.74, 6) is -0.287. The Morgan fingerprint density at radius 3 is 2.25 bits per heavy atom. The second-order valence-corrected chi connectivity index (χ2v) is 2.69. The highest BCUT2D eigenvalue weighted by Gasteiger charge is 2.10. The SMILES string of the molecule is NCC(CN)c1ccccc1F. The number of hydrogen-bond acceptors (Lipinski definition) is 2. The number of halogens is 1. The minimum absolute atomic E-state index is 0.0637. The quantitative estimate of drug-likeness (QED) is 0.702. The van der Waals surface area contributed by atoms with Gasteiger partial charge in [0.1, 0.15) is 5.82 Å². The van der Waals surface area contributed by atoms with E-state index < -0.39 is 0 Å². The fourth-order valence-corrected chi connectivity index (χ4v) is 1.16. The van der Waals surface area contributed by atoms with Crippen LogP contribution in [0.25, 0.3) is 0 Å². The topological polar surface area (TPSA) is 52.0 Å². The first-order chi connectivity index (χ1) is 5.79. The van der Waals surface area contributed by atoms with Crippen molar-refractivity contribution in [2.45, 2.75) is 5.92 Å². The van der Waals surface area contributed by atoms with E-state index in [9.17, 15) is 4.39 Å². The second kappa shape index (κ2) is 4.18. The van der Waals surface area contributed by atoms with E-state index in [1.165, 1.54) is 6.07 Å². The Balaban J connectivity index is 2.92. The molecule has 0 atom stereocenters. The maximum Gasteiger partial charge on any atom is 0.126 e. The summed E-state index contributed by atoms with van der Waals surface area (Å²) in [6.07, 6.45) is 0. The molecule has 0 aromatic heterocycles. The molecule has 1 aromatic rings. The fraction of sp³-hybridized carbons (Fsp3) is 0.333. The summed E-state index contributed by atoms with van der Waals surface area (Å²) in [5, 5.41) is 0. The molecular weight excluding hydrogens is 155 g/mol. The van der Waals surface area contributed by atoms with Crippen molar-refractivity contribution in [3.63, 3.8) is 0 Å². The molecule has 0 radical (unpaired) electrons. The summed E-state index contributed by atoms with van der Waals surface area (Å²) in [5.41, 5.74) is 11.5. The minimum Gasteiger partial charge on any atom is -0.330 e. The molecule has 0 fully saturated rings. The first-order valence-electron chi connectivity index (χ1n) is 3.94. The third-order valence-corrected chi connectivity index (χ3v) is 1.91. The third kappa shape index (κ3) is 1.81. The zero-order valence-electron chi connectivity index (χ0n) is 6.83. The van der Waals surface area contributed by atoms with Crippen molar-refractivity contribution in [1.82, 2.24) is 0 Å². The van der Waals surface area contributed by atoms with Gasteiger partial charge in [0.25, 0.3) is 0 Å². The molecule has 0 heterocycles. The highest BCUT2D eigenvalue weighted by Crippen LogP contribution is 2.16. The fourth-order valence-electron chi connectivity index (χ4n) is 1.16. The van der Waals surface area contributed by atoms with Crippen LogP contribution in [0.1, 0.15) is 11.5 Å². The Morgan fingerprint density at radius 1 is 1.17 bits per heavy atom. The normalized spacial score (nSPS) is 10.7. The molecule has 1 rings (SSSR count). The van der Waals surface area contributed by atoms with Gasteiger partial charge in [0.15, 0.2) is 0 Å². The maximum absolute atomic E-state index is 13.1. The van der Waals surface area contributed by atoms with Crippen LogP contribution >= 0.6 is 0 Å². The average molecular weight is 168 g/mol. The maximum atomic E-state index is 13.1. The van der Waals surface area contributed by atoms with Crippen molar-refractivity contribution in [2.75, 3.05) is 13.1 Å². The van der Waals surface area contributed by atoms with E-state index >= 15 is 0 Å². The predicted molar refractivity (Wildman–Crippen MR) is 47.2 cm³/mol. The summed E-state index contributed by atoms with van der Waals surface area (Å²) in [6, 6.07) is 6.59. The lowest BCUT2D eigenvalue weighted by atomic mass is 9.99. The van der Waals surface area contributed by atoms with Gasteiger partial charge in [-0.25, -0.2) is 4.39 Å². The van der Waals surface area contributed by atoms with Gasteiger partial charge in [0.2, 0.25) is 0 Å². The Labute approximate surface area is 71.4 Å². The molecule has 0 aliphatic rings. The van der Waals surface area contributed by atoms with Gasteiger partial charge in [-0.3, -0.25) is 0 Å². The Bertz CT molecular complexity index is 246. The van der Waals surface area contributed by atoms with Gasteiger partial charge < -0.3 is 11.5 Å². The molecule has 0 spiro atoms.